The molecule has 0 radical (unpaired) electrons. The summed E-state index contributed by atoms with van der Waals surface area (Å²) in [6.07, 6.45) is 7.89. The number of rotatable bonds is 3. The largest absolute Gasteiger partial charge is 0.497 e. The van der Waals surface area contributed by atoms with Crippen LogP contribution in [0.15, 0.2) is 18.2 Å². The number of benzene rings is 1. The molecule has 0 heterocycles. The number of nitrogens with zero attached hydrogens (tertiary/aromatic N) is 1. The molecule has 2 aliphatic carbocycles. The Kier molecular flexibility index (Phi) is 3.99. The number of hydrogen-bond acceptors (Lipinski definition) is 3. The van der Waals surface area contributed by atoms with E-state index in [0.29, 0.717) is 6.04 Å². The molecule has 2 N–H and O–H groups in total. The molecule has 2 unspecified atom stereocenters. The van der Waals surface area contributed by atoms with Crippen LogP contribution in [0.1, 0.15) is 49.3 Å². The number of likely N-dealkylation sites (N-methyl/N-ethyl adjacent to an activating group) is 1. The molecule has 1 saturated carbocycles. The van der Waals surface area contributed by atoms with Crippen LogP contribution in [0.4, 0.5) is 0 Å². The minimum Gasteiger partial charge on any atom is -0.497 e. The Bertz CT molecular complexity index is 468. The average Bonchev–Trinajstić information content (AvgIpc) is 2.84. The highest BCUT2D eigenvalue weighted by Crippen LogP contribution is 2.37. The van der Waals surface area contributed by atoms with Crippen LogP contribution in [-0.2, 0) is 6.42 Å². The second-order valence-corrected chi connectivity index (χ2v) is 6.32. The van der Waals surface area contributed by atoms with E-state index in [2.05, 4.69) is 30.1 Å². The molecule has 3 heteroatoms. The van der Waals surface area contributed by atoms with Gasteiger partial charge in [-0.1, -0.05) is 25.3 Å². The summed E-state index contributed by atoms with van der Waals surface area (Å²) in [6.45, 7) is 0. The fraction of sp³-hybridized carbons (Fsp3) is 0.647. The lowest BCUT2D eigenvalue weighted by atomic mass is 9.92. The van der Waals surface area contributed by atoms with Crippen LogP contribution >= 0.6 is 0 Å². The van der Waals surface area contributed by atoms with Gasteiger partial charge in [0.1, 0.15) is 5.75 Å². The fourth-order valence-corrected chi connectivity index (χ4v) is 3.91. The molecule has 0 aliphatic heterocycles. The Morgan fingerprint density at radius 1 is 1.20 bits per heavy atom. The van der Waals surface area contributed by atoms with Gasteiger partial charge in [0.25, 0.3) is 0 Å². The first-order valence-electron chi connectivity index (χ1n) is 7.85. The first-order chi connectivity index (χ1) is 9.70. The predicted octanol–water partition coefficient (Wildman–Crippen LogP) is 2.88. The van der Waals surface area contributed by atoms with Gasteiger partial charge < -0.3 is 10.5 Å². The van der Waals surface area contributed by atoms with Gasteiger partial charge in [-0.25, -0.2) is 0 Å². The lowest BCUT2D eigenvalue weighted by molar-refractivity contribution is 0.126. The van der Waals surface area contributed by atoms with Crippen molar-refractivity contribution in [2.75, 3.05) is 14.2 Å². The van der Waals surface area contributed by atoms with Crippen LogP contribution in [0.2, 0.25) is 0 Å². The molecule has 3 rings (SSSR count). The molecule has 3 nitrogen and oxygen atoms in total. The highest BCUT2D eigenvalue weighted by molar-refractivity contribution is 5.42. The van der Waals surface area contributed by atoms with E-state index in [1.165, 1.54) is 43.2 Å². The third-order valence-electron chi connectivity index (χ3n) is 5.23. The van der Waals surface area contributed by atoms with E-state index >= 15 is 0 Å². The highest BCUT2D eigenvalue weighted by atomic mass is 16.5. The molecule has 1 aromatic rings. The summed E-state index contributed by atoms with van der Waals surface area (Å²) in [7, 11) is 3.98. The zero-order valence-corrected chi connectivity index (χ0v) is 12.6. The minimum atomic E-state index is 0.118. The summed E-state index contributed by atoms with van der Waals surface area (Å²) in [5.74, 6) is 0.917. The van der Waals surface area contributed by atoms with E-state index in [0.717, 1.165) is 18.2 Å². The second-order valence-electron chi connectivity index (χ2n) is 6.32. The molecule has 20 heavy (non-hydrogen) atoms. The molecule has 110 valence electrons. The Balaban J connectivity index is 1.76. The monoisotopic (exact) mass is 274 g/mol. The van der Waals surface area contributed by atoms with E-state index in [-0.39, 0.29) is 6.04 Å². The van der Waals surface area contributed by atoms with Crippen molar-refractivity contribution >= 4 is 0 Å². The summed E-state index contributed by atoms with van der Waals surface area (Å²) < 4.78 is 5.33. The van der Waals surface area contributed by atoms with Crippen LogP contribution in [0.5, 0.6) is 5.75 Å². The Labute approximate surface area is 122 Å². The maximum Gasteiger partial charge on any atom is 0.119 e. The summed E-state index contributed by atoms with van der Waals surface area (Å²) >= 11 is 0. The van der Waals surface area contributed by atoms with Crippen molar-refractivity contribution in [3.8, 4) is 5.75 Å². The topological polar surface area (TPSA) is 38.5 Å². The smallest absolute Gasteiger partial charge is 0.119 e. The van der Waals surface area contributed by atoms with Crippen LogP contribution in [0.3, 0.4) is 0 Å². The summed E-state index contributed by atoms with van der Waals surface area (Å²) in [6, 6.07) is 7.63. The Morgan fingerprint density at radius 2 is 1.95 bits per heavy atom. The van der Waals surface area contributed by atoms with Gasteiger partial charge in [0.15, 0.2) is 0 Å². The van der Waals surface area contributed by atoms with Crippen LogP contribution in [-0.4, -0.2) is 31.1 Å². The fourth-order valence-electron chi connectivity index (χ4n) is 3.91. The molecule has 0 saturated heterocycles. The number of ether oxygens (including phenoxy) is 1. The molecule has 0 bridgehead atoms. The molecule has 1 fully saturated rings. The molecule has 0 amide bonds. The number of hydrogen-bond donors (Lipinski definition) is 1. The van der Waals surface area contributed by atoms with Crippen molar-refractivity contribution < 1.29 is 4.74 Å². The van der Waals surface area contributed by atoms with Crippen molar-refractivity contribution in [2.24, 2.45) is 5.73 Å². The third-order valence-corrected chi connectivity index (χ3v) is 5.23. The SMILES string of the molecule is COc1ccc2c(c1)C(N)C(N(C)C1CCCCC1)C2. The van der Waals surface area contributed by atoms with Crippen molar-refractivity contribution in [1.29, 1.82) is 0 Å². The zero-order chi connectivity index (χ0) is 14.1. The lowest BCUT2D eigenvalue weighted by Gasteiger charge is -2.37. The van der Waals surface area contributed by atoms with Gasteiger partial charge in [-0.2, -0.15) is 0 Å². The van der Waals surface area contributed by atoms with Crippen molar-refractivity contribution in [1.82, 2.24) is 4.90 Å². The van der Waals surface area contributed by atoms with Gasteiger partial charge in [0, 0.05) is 18.1 Å². The van der Waals surface area contributed by atoms with Gasteiger partial charge in [-0.05, 0) is 49.6 Å². The van der Waals surface area contributed by atoms with Crippen molar-refractivity contribution in [3.05, 3.63) is 29.3 Å². The molecular formula is C17H26N2O. The minimum absolute atomic E-state index is 0.118. The first-order valence-corrected chi connectivity index (χ1v) is 7.85. The van der Waals surface area contributed by atoms with Crippen molar-refractivity contribution in [2.45, 2.75) is 56.7 Å². The molecule has 2 atom stereocenters. The van der Waals surface area contributed by atoms with E-state index in [1.807, 2.05) is 0 Å². The van der Waals surface area contributed by atoms with E-state index < -0.39 is 0 Å². The Morgan fingerprint density at radius 3 is 2.65 bits per heavy atom. The van der Waals surface area contributed by atoms with Gasteiger partial charge in [-0.15, -0.1) is 0 Å². The summed E-state index contributed by atoms with van der Waals surface area (Å²) in [4.78, 5) is 2.55. The number of nitrogens with two attached hydrogens (primary N) is 1. The normalized spacial score (nSPS) is 26.8. The molecule has 2 aliphatic rings. The predicted molar refractivity (Wildman–Crippen MR) is 82.1 cm³/mol. The molecule has 0 spiro atoms. The quantitative estimate of drug-likeness (QED) is 0.921. The first kappa shape index (κ1) is 13.9. The zero-order valence-electron chi connectivity index (χ0n) is 12.6. The number of fused-ring (bicyclic) bond motifs is 1. The average molecular weight is 274 g/mol. The Hall–Kier alpha value is -1.06. The van der Waals surface area contributed by atoms with E-state index in [1.54, 1.807) is 7.11 Å². The van der Waals surface area contributed by atoms with Crippen LogP contribution in [0.25, 0.3) is 0 Å². The van der Waals surface area contributed by atoms with Gasteiger partial charge >= 0.3 is 0 Å². The molecular weight excluding hydrogens is 248 g/mol. The van der Waals surface area contributed by atoms with E-state index in [9.17, 15) is 0 Å². The number of methoxy groups -OCH3 is 1. The summed E-state index contributed by atoms with van der Waals surface area (Å²) in [5.41, 5.74) is 9.19. The van der Waals surface area contributed by atoms with Gasteiger partial charge in [-0.3, -0.25) is 4.90 Å². The van der Waals surface area contributed by atoms with Gasteiger partial charge in [0.05, 0.1) is 7.11 Å². The standard InChI is InChI=1S/C17H26N2O/c1-19(13-6-4-3-5-7-13)16-10-12-8-9-14(20-2)11-15(12)17(16)18/h8-9,11,13,16-17H,3-7,10,18H2,1-2H3. The maximum atomic E-state index is 6.52. The highest BCUT2D eigenvalue weighted by Gasteiger charge is 2.35. The summed E-state index contributed by atoms with van der Waals surface area (Å²) in [5, 5.41) is 0. The van der Waals surface area contributed by atoms with Gasteiger partial charge in [0.2, 0.25) is 0 Å². The third kappa shape index (κ3) is 2.45. The van der Waals surface area contributed by atoms with Crippen LogP contribution in [0, 0.1) is 0 Å². The lowest BCUT2D eigenvalue weighted by Crippen LogP contribution is -2.45. The molecule has 0 aromatic heterocycles. The molecule has 1 aromatic carbocycles. The van der Waals surface area contributed by atoms with Crippen LogP contribution < -0.4 is 10.5 Å². The second kappa shape index (κ2) is 5.74. The van der Waals surface area contributed by atoms with Crippen molar-refractivity contribution in [3.63, 3.8) is 0 Å². The van der Waals surface area contributed by atoms with E-state index in [4.69, 9.17) is 10.5 Å². The maximum absolute atomic E-state index is 6.52.